The quantitative estimate of drug-likeness (QED) is 0.0331. The minimum absolute atomic E-state index is 0. The molecule has 6 aliphatic rings. The van der Waals surface area contributed by atoms with E-state index in [4.69, 9.17) is 29.5 Å². The first-order valence-corrected chi connectivity index (χ1v) is 48.4. The number of hydrogen-bond donors (Lipinski definition) is 5. The second-order valence-corrected chi connectivity index (χ2v) is 38.4. The third-order valence-electron chi connectivity index (χ3n) is 24.4. The lowest BCUT2D eigenvalue weighted by Gasteiger charge is -2.23. The normalized spacial score (nSPS) is 16.9. The molecular weight excluding hydrogens is 2060 g/mol. The monoisotopic (exact) mass is 2170 g/mol. The first-order chi connectivity index (χ1) is 62.5. The van der Waals surface area contributed by atoms with Crippen LogP contribution in [0.25, 0.3) is 43.6 Å². The number of aliphatic hydroxyl groups is 1. The van der Waals surface area contributed by atoms with E-state index in [2.05, 4.69) is 218 Å². The molecular formula is C105H109Br6ClN8O11. The summed E-state index contributed by atoms with van der Waals surface area (Å²) >= 11 is 20.9. The number of rotatable bonds is 12. The molecule has 14 aromatic rings. The minimum Gasteiger partial charge on any atom is -0.459 e. The van der Waals surface area contributed by atoms with Crippen LogP contribution in [0.1, 0.15) is 171 Å². The fraction of sp³-hybridized carbons (Fsp3) is 0.295. The highest BCUT2D eigenvalue weighted by Gasteiger charge is 2.31. The zero-order valence-corrected chi connectivity index (χ0v) is 83.1. The summed E-state index contributed by atoms with van der Waals surface area (Å²) in [5.74, 6) is 4.40. The van der Waals surface area contributed by atoms with E-state index in [1.165, 1.54) is 83.1 Å². The van der Waals surface area contributed by atoms with Crippen molar-refractivity contribution in [2.45, 2.75) is 172 Å². The van der Waals surface area contributed by atoms with Gasteiger partial charge in [-0.3, -0.25) is 16.1 Å². The number of halogens is 7. The number of nitrogens with one attached hydrogen (secondary N) is 3. The Hall–Kier alpha value is -9.77. The largest absolute Gasteiger partial charge is 0.459 e. The van der Waals surface area contributed by atoms with Crippen molar-refractivity contribution >= 4 is 198 Å². The molecule has 0 aliphatic heterocycles. The van der Waals surface area contributed by atoms with Gasteiger partial charge in [0.15, 0.2) is 0 Å². The number of Topliss-reactive ketones (excluding diaryl/α,β-unsaturated/α-hetero) is 1. The number of H-pyrrole nitrogens is 1. The lowest BCUT2D eigenvalue weighted by atomic mass is 9.93. The number of carbonyl (C=O) groups excluding carboxylic acids is 5. The van der Waals surface area contributed by atoms with Crippen LogP contribution < -0.4 is 16.7 Å². The molecule has 26 heteroatoms. The van der Waals surface area contributed by atoms with E-state index in [9.17, 15) is 29.1 Å². The molecule has 4 aromatic heterocycles. The summed E-state index contributed by atoms with van der Waals surface area (Å²) in [4.78, 5) is 62.8. The number of esters is 4. The number of nitrogen functional groups attached to an aromatic ring is 1. The number of hydrazine groups is 1. The van der Waals surface area contributed by atoms with E-state index >= 15 is 0 Å². The number of nitrogens with zero attached hydrogens (tertiary/aromatic N) is 4. The Balaban J connectivity index is 0.000000140. The van der Waals surface area contributed by atoms with Crippen LogP contribution in [0.3, 0.4) is 0 Å². The van der Waals surface area contributed by atoms with Crippen LogP contribution in [0.5, 0.6) is 0 Å². The number of ketones is 1. The standard InChI is InChI=1S/C20H18BrNO2.C19H19BrN2O2.C19H16BrNO2.C14H16BrNO.C13H14BrNO.C13H14O3.C6H7BrN2.CH4.ClH/c1-22-18-9-7-14(21)11-16(18)17-12-15(8-10-19(17)22)24-20(23)13-5-3-2-4-6-13;20-15-6-8-16(9-7-15)21-22-17-10-12-18(13-11-17)24-19(23)14-4-2-1-3-5-14;20-13-6-8-17-15(10-13)16-11-14(7-9-18(16)21-17)23-19(22)12-4-2-1-3-5-12;1-16-13-5-3-9(15)7-11(13)12-8-10(17-2)4-6-14(12)16;1-15-12-4-2-8(14)6-10(12)11-7-9(16)3-5-13(11)15;14-11-6-8-12(9-7-11)16-13(15)10-4-2-1-3-5-10;7-5-1-3-6(9-8)4-2-5;;/h2-7,9,11,15H,8,10,12H2,1H3;1-9,18,21H,10-13H2;1-6,8,10,14,21H,7,9,11H2;3,5,7,10H,4,6,8H2,1-2H3;2,4,6,9,16H,3,5,7H2,1H3;1-5,12H,6-9H2;1-4,9H,8H2;1H4;1H. The lowest BCUT2D eigenvalue weighted by Crippen LogP contribution is -2.26. The number of hydrazone groups is 1. The van der Waals surface area contributed by atoms with Crippen LogP contribution in [-0.2, 0) is 101 Å². The van der Waals surface area contributed by atoms with Crippen molar-refractivity contribution in [2.24, 2.45) is 32.1 Å². The number of benzene rings is 10. The van der Waals surface area contributed by atoms with Gasteiger partial charge >= 0.3 is 23.9 Å². The Morgan fingerprint density at radius 3 is 1.13 bits per heavy atom. The second kappa shape index (κ2) is 48.2. The Morgan fingerprint density at radius 1 is 0.389 bits per heavy atom. The molecule has 2 saturated carbocycles. The van der Waals surface area contributed by atoms with Gasteiger partial charge in [0.05, 0.1) is 40.1 Å². The third kappa shape index (κ3) is 26.6. The van der Waals surface area contributed by atoms with Crippen LogP contribution in [0.4, 0.5) is 11.4 Å². The SMILES string of the molecule is C.COC1CCc2c(c3cc(Br)ccc3n2C)C1.Cl.Cn1c2c(c3cc(Br)ccc31)CC(O)CC2.Cn1c2c(c3cc(Br)ccc31)CC(OC(=O)c1ccccc1)CC2.NNc1ccc(Br)cc1.O=C(OC1CCC(=NNc2ccc(Br)cc2)CC1)c1ccccc1.O=C(OC1CCc2[nH]c3ccc(Br)cc3c2C1)c1ccccc1.O=C1CCC(OC(=O)c2ccccc2)CC1. The number of anilines is 2. The highest BCUT2D eigenvalue weighted by Crippen LogP contribution is 2.39. The van der Waals surface area contributed by atoms with Gasteiger partial charge < -0.3 is 52.9 Å². The molecule has 131 heavy (non-hydrogen) atoms. The highest BCUT2D eigenvalue weighted by atomic mass is 79.9. The molecule has 2 fully saturated rings. The van der Waals surface area contributed by atoms with Crippen molar-refractivity contribution < 1.29 is 52.8 Å². The number of aromatic amines is 1. The summed E-state index contributed by atoms with van der Waals surface area (Å²) in [6, 6.07) is 77.5. The average Bonchev–Trinajstić information content (AvgIpc) is 1.62. The zero-order valence-electron chi connectivity index (χ0n) is 72.8. The fourth-order valence-corrected chi connectivity index (χ4v) is 19.5. The Morgan fingerprint density at radius 2 is 0.718 bits per heavy atom. The van der Waals surface area contributed by atoms with E-state index in [1.54, 1.807) is 60.7 Å². The maximum atomic E-state index is 12.3. The van der Waals surface area contributed by atoms with Gasteiger partial charge in [0, 0.05) is 171 Å². The molecule has 6 N–H and O–H groups in total. The van der Waals surface area contributed by atoms with Gasteiger partial charge in [0.1, 0.15) is 30.2 Å². The minimum atomic E-state index is -0.292. The van der Waals surface area contributed by atoms with E-state index in [-0.39, 0.29) is 80.0 Å². The molecule has 20 rings (SSSR count). The molecule has 0 bridgehead atoms. The molecule has 0 radical (unpaired) electrons. The number of ether oxygens (including phenoxy) is 5. The molecule has 0 saturated heterocycles. The number of aliphatic hydroxyl groups excluding tert-OH is 1. The number of fused-ring (bicyclic) bond motifs is 12. The molecule has 4 heterocycles. The molecule has 0 spiro atoms. The number of methoxy groups -OCH3 is 1. The summed E-state index contributed by atoms with van der Waals surface area (Å²) in [6.45, 7) is 0. The first-order valence-electron chi connectivity index (χ1n) is 43.6. The predicted molar refractivity (Wildman–Crippen MR) is 548 cm³/mol. The zero-order chi connectivity index (χ0) is 90.6. The van der Waals surface area contributed by atoms with Crippen molar-refractivity contribution in [1.29, 1.82) is 0 Å². The van der Waals surface area contributed by atoms with Crippen LogP contribution >= 0.6 is 108 Å². The van der Waals surface area contributed by atoms with E-state index in [0.29, 0.717) is 54.0 Å². The Bertz CT molecular complexity index is 6250. The predicted octanol–water partition coefficient (Wildman–Crippen LogP) is 25.7. The van der Waals surface area contributed by atoms with Gasteiger partial charge in [-0.2, -0.15) is 5.10 Å². The molecule has 684 valence electrons. The summed E-state index contributed by atoms with van der Waals surface area (Å²) < 4.78 is 41.3. The number of aryl methyl sites for hydroxylation is 4. The van der Waals surface area contributed by atoms with Crippen LogP contribution in [0, 0.1) is 0 Å². The molecule has 6 aliphatic carbocycles. The van der Waals surface area contributed by atoms with Crippen LogP contribution in [-0.4, -0.2) is 103 Å². The maximum Gasteiger partial charge on any atom is 0.338 e. The number of aromatic nitrogens is 4. The maximum absolute atomic E-state index is 12.3. The third-order valence-corrected chi connectivity index (χ3v) is 27.4. The fourth-order valence-electron chi connectivity index (χ4n) is 17.5. The number of nitrogens with two attached hydrogens (primary N) is 1. The van der Waals surface area contributed by atoms with Crippen LogP contribution in [0.2, 0.25) is 0 Å². The highest BCUT2D eigenvalue weighted by molar-refractivity contribution is 9.11. The van der Waals surface area contributed by atoms with Crippen molar-refractivity contribution in [3.8, 4) is 0 Å². The molecule has 4 unspecified atom stereocenters. The Labute approximate surface area is 821 Å². The Kier molecular flexibility index (Phi) is 36.9. The van der Waals surface area contributed by atoms with Gasteiger partial charge in [0.2, 0.25) is 0 Å². The van der Waals surface area contributed by atoms with Gasteiger partial charge in [-0.25, -0.2) is 19.2 Å². The van der Waals surface area contributed by atoms with Gasteiger partial charge in [-0.1, -0.05) is 176 Å². The molecule has 4 atom stereocenters. The van der Waals surface area contributed by atoms with Crippen molar-refractivity contribution in [3.05, 3.63) is 337 Å². The average molecular weight is 2170 g/mol. The van der Waals surface area contributed by atoms with Crippen molar-refractivity contribution in [3.63, 3.8) is 0 Å². The van der Waals surface area contributed by atoms with E-state index in [1.807, 2.05) is 122 Å². The lowest BCUT2D eigenvalue weighted by molar-refractivity contribution is -0.122. The second-order valence-electron chi connectivity index (χ2n) is 32.9. The van der Waals surface area contributed by atoms with Crippen molar-refractivity contribution in [1.82, 2.24) is 18.7 Å². The molecule has 19 nitrogen and oxygen atoms in total. The molecule has 0 amide bonds. The van der Waals surface area contributed by atoms with Gasteiger partial charge in [-0.15, -0.1) is 12.4 Å². The summed E-state index contributed by atoms with van der Waals surface area (Å²) in [5.41, 5.74) is 26.9. The summed E-state index contributed by atoms with van der Waals surface area (Å²) in [6.07, 6.45) is 16.8. The van der Waals surface area contributed by atoms with Gasteiger partial charge in [-0.05, 0) is 282 Å². The first kappa shape index (κ1) is 100. The van der Waals surface area contributed by atoms with Crippen LogP contribution in [0.15, 0.2) is 275 Å². The van der Waals surface area contributed by atoms with E-state index in [0.717, 1.165) is 152 Å². The molecule has 10 aromatic carbocycles. The summed E-state index contributed by atoms with van der Waals surface area (Å²) in [7, 11) is 8.22. The summed E-state index contributed by atoms with van der Waals surface area (Å²) in [5, 5.41) is 19.4. The van der Waals surface area contributed by atoms with E-state index < -0.39 is 0 Å². The number of hydrogen-bond acceptors (Lipinski definition) is 15. The number of carbonyl (C=O) groups is 5. The topological polar surface area (TPSA) is 245 Å². The smallest absolute Gasteiger partial charge is 0.338 e. The van der Waals surface area contributed by atoms with Gasteiger partial charge in [0.25, 0.3) is 0 Å². The van der Waals surface area contributed by atoms with Crippen molar-refractivity contribution in [2.75, 3.05) is 18.0 Å².